The van der Waals surface area contributed by atoms with Crippen LogP contribution in [-0.2, 0) is 14.3 Å². The van der Waals surface area contributed by atoms with Crippen molar-refractivity contribution in [2.45, 2.75) is 103 Å². The molecular weight excluding hydrogens is 356 g/mol. The van der Waals surface area contributed by atoms with Crippen LogP contribution in [0.1, 0.15) is 90.9 Å². The number of Topliss-reactive ketones (excluding diaryl/α,β-unsaturated/α-hetero) is 1. The van der Waals surface area contributed by atoms with Gasteiger partial charge in [0.2, 0.25) is 0 Å². The van der Waals surface area contributed by atoms with Crippen molar-refractivity contribution in [1.82, 2.24) is 0 Å². The maximum Gasteiger partial charge on any atom is 0.302 e. The van der Waals surface area contributed by atoms with Gasteiger partial charge < -0.3 is 14.9 Å². The number of ketones is 1. The van der Waals surface area contributed by atoms with Gasteiger partial charge in [0, 0.05) is 13.3 Å². The monoisotopic (exact) mass is 396 g/mol. The first-order valence-electron chi connectivity index (χ1n) is 10.8. The zero-order valence-electron chi connectivity index (χ0n) is 17.8. The molecule has 162 valence electrons. The zero-order valence-corrected chi connectivity index (χ0v) is 17.8. The summed E-state index contributed by atoms with van der Waals surface area (Å²) in [6.07, 6.45) is 18.5. The lowest BCUT2D eigenvalue weighted by Gasteiger charge is -2.16. The first-order chi connectivity index (χ1) is 13.5. The zero-order chi connectivity index (χ0) is 21.0. The topological polar surface area (TPSA) is 83.8 Å². The number of allylic oxidation sites excluding steroid dienone is 4. The smallest absolute Gasteiger partial charge is 0.302 e. The lowest BCUT2D eigenvalue weighted by atomic mass is 10.0. The second kappa shape index (κ2) is 18.9. The fourth-order valence-electron chi connectivity index (χ4n) is 2.77. The van der Waals surface area contributed by atoms with Crippen LogP contribution in [0.5, 0.6) is 0 Å². The van der Waals surface area contributed by atoms with E-state index in [0.29, 0.717) is 6.42 Å². The third kappa shape index (κ3) is 16.7. The number of hydrogen-bond acceptors (Lipinski definition) is 5. The predicted octanol–water partition coefficient (Wildman–Crippen LogP) is 4.65. The summed E-state index contributed by atoms with van der Waals surface area (Å²) in [6.45, 7) is 3.08. The molecule has 0 spiro atoms. The molecule has 28 heavy (non-hydrogen) atoms. The van der Waals surface area contributed by atoms with Crippen molar-refractivity contribution < 1.29 is 24.5 Å². The number of hydrogen-bond donors (Lipinski definition) is 2. The summed E-state index contributed by atoms with van der Waals surface area (Å²) in [5.41, 5.74) is 0. The van der Waals surface area contributed by atoms with Crippen LogP contribution in [0.2, 0.25) is 0 Å². The molecule has 0 rings (SSSR count). The Hall–Kier alpha value is -1.46. The van der Waals surface area contributed by atoms with Gasteiger partial charge in [-0.15, -0.1) is 0 Å². The molecule has 5 nitrogen and oxygen atoms in total. The summed E-state index contributed by atoms with van der Waals surface area (Å²) < 4.78 is 4.60. The predicted molar refractivity (Wildman–Crippen MR) is 113 cm³/mol. The highest BCUT2D eigenvalue weighted by Gasteiger charge is 2.24. The maximum atomic E-state index is 11.8. The van der Waals surface area contributed by atoms with Crippen molar-refractivity contribution >= 4 is 11.8 Å². The molecule has 0 bridgehead atoms. The van der Waals surface area contributed by atoms with E-state index in [4.69, 9.17) is 0 Å². The average Bonchev–Trinajstić information content (AvgIpc) is 2.68. The molecule has 2 atom stereocenters. The van der Waals surface area contributed by atoms with Crippen LogP contribution in [0, 0.1) is 0 Å². The van der Waals surface area contributed by atoms with E-state index in [2.05, 4.69) is 36.0 Å². The van der Waals surface area contributed by atoms with Gasteiger partial charge in [-0.25, -0.2) is 0 Å². The molecule has 0 heterocycles. The van der Waals surface area contributed by atoms with E-state index in [1.54, 1.807) is 0 Å². The molecule has 2 unspecified atom stereocenters. The van der Waals surface area contributed by atoms with E-state index in [0.717, 1.165) is 38.5 Å². The highest BCUT2D eigenvalue weighted by atomic mass is 16.5. The second-order valence-corrected chi connectivity index (χ2v) is 7.26. The minimum Gasteiger partial charge on any atom is -0.463 e. The lowest BCUT2D eigenvalue weighted by Crippen LogP contribution is -2.37. The summed E-state index contributed by atoms with van der Waals surface area (Å²) in [7, 11) is 0. The molecule has 2 N–H and O–H groups in total. The summed E-state index contributed by atoms with van der Waals surface area (Å²) in [5, 5.41) is 19.3. The Kier molecular flexibility index (Phi) is 17.9. The molecule has 0 fully saturated rings. The molecule has 0 aliphatic carbocycles. The summed E-state index contributed by atoms with van der Waals surface area (Å²) in [5.74, 6) is -0.947. The van der Waals surface area contributed by atoms with Gasteiger partial charge >= 0.3 is 5.97 Å². The van der Waals surface area contributed by atoms with Gasteiger partial charge in [-0.2, -0.15) is 0 Å². The van der Waals surface area contributed by atoms with Crippen molar-refractivity contribution in [3.05, 3.63) is 24.3 Å². The van der Waals surface area contributed by atoms with Gasteiger partial charge in [-0.3, -0.25) is 9.59 Å². The molecule has 0 amide bonds. The highest BCUT2D eigenvalue weighted by Crippen LogP contribution is 2.10. The van der Waals surface area contributed by atoms with Crippen LogP contribution >= 0.6 is 0 Å². The standard InChI is InChI=1S/C23H40O5/c1-3-4-5-6-7-8-9-10-11-12-13-14-15-16-17-18-21(25)23(27)22(26)19-28-20(2)24/h7-8,10-11,22-23,26-27H,3-6,9,12-19H2,1-2H3/b8-7-,11-10-. The van der Waals surface area contributed by atoms with Gasteiger partial charge in [-0.1, -0.05) is 63.3 Å². The Morgan fingerprint density at radius 1 is 0.857 bits per heavy atom. The number of unbranched alkanes of at least 4 members (excludes halogenated alkanes) is 8. The number of ether oxygens (including phenoxy) is 1. The van der Waals surface area contributed by atoms with E-state index in [-0.39, 0.29) is 13.0 Å². The quantitative estimate of drug-likeness (QED) is 0.200. The second-order valence-electron chi connectivity index (χ2n) is 7.26. The van der Waals surface area contributed by atoms with E-state index in [1.807, 2.05) is 0 Å². The van der Waals surface area contributed by atoms with E-state index >= 15 is 0 Å². The molecule has 5 heteroatoms. The first kappa shape index (κ1) is 26.5. The van der Waals surface area contributed by atoms with Crippen LogP contribution in [0.3, 0.4) is 0 Å². The number of rotatable bonds is 18. The van der Waals surface area contributed by atoms with Gasteiger partial charge in [0.1, 0.15) is 18.8 Å². The van der Waals surface area contributed by atoms with Crippen molar-refractivity contribution in [2.75, 3.05) is 6.61 Å². The Bertz CT molecular complexity index is 456. The Labute approximate surface area is 170 Å². The first-order valence-corrected chi connectivity index (χ1v) is 10.8. The van der Waals surface area contributed by atoms with Gasteiger partial charge in [0.25, 0.3) is 0 Å². The summed E-state index contributed by atoms with van der Waals surface area (Å²) in [6, 6.07) is 0. The van der Waals surface area contributed by atoms with Gasteiger partial charge in [0.05, 0.1) is 0 Å². The minimum atomic E-state index is -1.48. The molecular formula is C23H40O5. The average molecular weight is 397 g/mol. The molecule has 0 aromatic rings. The van der Waals surface area contributed by atoms with Crippen molar-refractivity contribution in [1.29, 1.82) is 0 Å². The third-order valence-electron chi connectivity index (χ3n) is 4.53. The fourth-order valence-corrected chi connectivity index (χ4v) is 2.77. The lowest BCUT2D eigenvalue weighted by molar-refractivity contribution is -0.150. The minimum absolute atomic E-state index is 0.239. The summed E-state index contributed by atoms with van der Waals surface area (Å²) >= 11 is 0. The molecule has 0 aliphatic rings. The highest BCUT2D eigenvalue weighted by molar-refractivity contribution is 5.83. The number of carbonyl (C=O) groups excluding carboxylic acids is 2. The largest absolute Gasteiger partial charge is 0.463 e. The van der Waals surface area contributed by atoms with Crippen LogP contribution in [0.25, 0.3) is 0 Å². The maximum absolute atomic E-state index is 11.8. The molecule has 0 radical (unpaired) electrons. The van der Waals surface area contributed by atoms with Gasteiger partial charge in [0.15, 0.2) is 5.78 Å². The van der Waals surface area contributed by atoms with E-state index < -0.39 is 24.0 Å². The number of aliphatic hydroxyl groups excluding tert-OH is 2. The summed E-state index contributed by atoms with van der Waals surface area (Å²) in [4.78, 5) is 22.5. The molecule has 0 aromatic carbocycles. The normalized spacial score (nSPS) is 13.9. The van der Waals surface area contributed by atoms with Crippen LogP contribution in [0.4, 0.5) is 0 Å². The number of esters is 1. The number of carbonyl (C=O) groups is 2. The van der Waals surface area contributed by atoms with Crippen molar-refractivity contribution in [3.8, 4) is 0 Å². The van der Waals surface area contributed by atoms with Crippen LogP contribution in [-0.4, -0.2) is 40.8 Å². The molecule has 0 saturated heterocycles. The van der Waals surface area contributed by atoms with Crippen LogP contribution in [0.15, 0.2) is 24.3 Å². The van der Waals surface area contributed by atoms with Crippen molar-refractivity contribution in [3.63, 3.8) is 0 Å². The number of aliphatic hydroxyl groups is 2. The Morgan fingerprint density at radius 3 is 2.04 bits per heavy atom. The Morgan fingerprint density at radius 2 is 1.43 bits per heavy atom. The van der Waals surface area contributed by atoms with Crippen molar-refractivity contribution in [2.24, 2.45) is 0 Å². The molecule has 0 saturated carbocycles. The van der Waals surface area contributed by atoms with E-state index in [9.17, 15) is 19.8 Å². The fraction of sp³-hybridized carbons (Fsp3) is 0.739. The molecule has 0 aliphatic heterocycles. The SMILES string of the molecule is CCCCC/C=C\C/C=C\CCCCCCCC(=O)C(O)C(O)COC(C)=O. The van der Waals surface area contributed by atoms with Crippen LogP contribution < -0.4 is 0 Å². The van der Waals surface area contributed by atoms with E-state index in [1.165, 1.54) is 32.6 Å². The Balaban J connectivity index is 3.54. The molecule has 0 aromatic heterocycles. The van der Waals surface area contributed by atoms with Gasteiger partial charge in [-0.05, 0) is 38.5 Å². The third-order valence-corrected chi connectivity index (χ3v) is 4.53.